The molecule has 6 N–H and O–H groups in total. The maximum absolute atomic E-state index is 12.9. The number of nitro benzene ring substituents is 1. The van der Waals surface area contributed by atoms with Crippen LogP contribution in [-0.4, -0.2) is 35.4 Å². The average molecular weight is 851 g/mol. The molecule has 8 rings (SSSR count). The zero-order chi connectivity index (χ0) is 37.6. The number of hydrogen-bond donors (Lipinski definition) is 3. The molecule has 8 aromatic rings. The summed E-state index contributed by atoms with van der Waals surface area (Å²) in [5, 5.41) is 10.4. The molecule has 298 valence electrons. The Morgan fingerprint density at radius 1 is 0.571 bits per heavy atom. The summed E-state index contributed by atoms with van der Waals surface area (Å²) in [6.07, 6.45) is 0. The Balaban J connectivity index is 0.000000668. The van der Waals surface area contributed by atoms with Gasteiger partial charge in [0.05, 0.1) is 62.9 Å². The SMILES string of the molecule is C.C.C.Fc1cccc2nsnc12.Nc1ccc(F)c2nsnc12.Nc1cccc(F)c1N.O=S=Nc1ccccc1.O=[N+]([O-])c1ccc(F)c2nsnc12.[CH3-]. The van der Waals surface area contributed by atoms with E-state index in [-0.39, 0.29) is 86.4 Å². The highest BCUT2D eigenvalue weighted by Gasteiger charge is 2.17. The van der Waals surface area contributed by atoms with Crippen LogP contribution in [0.4, 0.5) is 46.0 Å². The minimum absolute atomic E-state index is 0. The Morgan fingerprint density at radius 2 is 1.07 bits per heavy atom. The third-order valence-electron chi connectivity index (χ3n) is 6.16. The van der Waals surface area contributed by atoms with E-state index < -0.39 is 16.6 Å². The maximum atomic E-state index is 12.9. The fourth-order valence-electron chi connectivity index (χ4n) is 3.68. The summed E-state index contributed by atoms with van der Waals surface area (Å²) in [7, 11) is 0. The zero-order valence-electron chi connectivity index (χ0n) is 26.8. The molecule has 0 fully saturated rings. The van der Waals surface area contributed by atoms with Crippen LogP contribution in [0.2, 0.25) is 0 Å². The van der Waals surface area contributed by atoms with Crippen molar-refractivity contribution in [1.82, 2.24) is 26.2 Å². The number of fused-ring (bicyclic) bond motifs is 3. The standard InChI is InChI=1S/C6H2FN3O2S.C6H4FN3S.C6H3FN2S.C6H7FN2.C6H5NOS.3CH4.CH3/c7-3-1-2-4(10(11)12)6-5(3)8-13-9-6;7-3-1-2-4(8)6-5(3)9-11-10-6;7-4-2-1-3-5-6(4)9-10-8-5;7-4-2-1-3-5(8)6(4)9;8-9-7-6-4-2-1-3-5-6;;;;/h1-2H;1-2H,8H2;1-3H;1-3H,8-9H2;1-5H;3*1H4;1H3/q;;;;;;;;-1. The number of aromatic nitrogens is 6. The number of nitrogens with zero attached hydrogens (tertiary/aromatic N) is 8. The molecule has 0 bridgehead atoms. The van der Waals surface area contributed by atoms with E-state index in [1.165, 1.54) is 30.3 Å². The molecule has 3 heterocycles. The van der Waals surface area contributed by atoms with Crippen LogP contribution in [0.1, 0.15) is 22.3 Å². The number of rotatable bonds is 2. The van der Waals surface area contributed by atoms with Gasteiger partial charge in [-0.2, -0.15) is 34.8 Å². The summed E-state index contributed by atoms with van der Waals surface area (Å²) in [6.45, 7) is 0. The van der Waals surface area contributed by atoms with Gasteiger partial charge in [0, 0.05) is 6.07 Å². The van der Waals surface area contributed by atoms with E-state index in [1.807, 2.05) is 18.2 Å². The first-order chi connectivity index (χ1) is 25.0. The number of anilines is 3. The topological polar surface area (TPSA) is 228 Å². The molecule has 0 saturated heterocycles. The second kappa shape index (κ2) is 24.3. The van der Waals surface area contributed by atoms with Gasteiger partial charge in [-0.05, 0) is 54.6 Å². The molecule has 0 saturated carbocycles. The van der Waals surface area contributed by atoms with Crippen molar-refractivity contribution >= 4 is 108 Å². The van der Waals surface area contributed by atoms with Crippen LogP contribution in [0, 0.1) is 40.8 Å². The predicted octanol–water partition coefficient (Wildman–Crippen LogP) is 10.0. The molecule has 0 aliphatic heterocycles. The molecule has 0 spiro atoms. The first-order valence-corrected chi connectivity index (χ1v) is 16.8. The first kappa shape index (κ1) is 49.9. The third kappa shape index (κ3) is 13.3. The molecule has 0 atom stereocenters. The van der Waals surface area contributed by atoms with Gasteiger partial charge in [-0.15, -0.1) is 0 Å². The summed E-state index contributed by atoms with van der Waals surface area (Å²) >= 11 is 2.97. The summed E-state index contributed by atoms with van der Waals surface area (Å²) in [5.41, 5.74) is 18.9. The Bertz CT molecular complexity index is 2430. The van der Waals surface area contributed by atoms with Gasteiger partial charge in [0.1, 0.15) is 33.4 Å². The molecule has 56 heavy (non-hydrogen) atoms. The average Bonchev–Trinajstić information content (AvgIpc) is 3.94. The second-order valence-electron chi connectivity index (χ2n) is 9.50. The van der Waals surface area contributed by atoms with Crippen molar-refractivity contribution in [3.05, 3.63) is 132 Å². The Hall–Kier alpha value is -6.10. The van der Waals surface area contributed by atoms with Crippen LogP contribution in [-0.2, 0) is 11.5 Å². The van der Waals surface area contributed by atoms with Crippen molar-refractivity contribution in [3.63, 3.8) is 0 Å². The predicted molar refractivity (Wildman–Crippen MR) is 222 cm³/mol. The van der Waals surface area contributed by atoms with Crippen LogP contribution in [0.25, 0.3) is 33.1 Å². The van der Waals surface area contributed by atoms with Crippen molar-refractivity contribution in [2.24, 2.45) is 4.36 Å². The quantitative estimate of drug-likeness (QED) is 0.0485. The third-order valence-corrected chi connectivity index (χ3v) is 8.05. The van der Waals surface area contributed by atoms with E-state index in [4.69, 9.17) is 17.2 Å². The van der Waals surface area contributed by atoms with E-state index in [9.17, 15) is 31.9 Å². The van der Waals surface area contributed by atoms with Crippen LogP contribution >= 0.6 is 35.2 Å². The van der Waals surface area contributed by atoms with E-state index in [0.29, 0.717) is 22.2 Å². The van der Waals surface area contributed by atoms with Crippen LogP contribution in [0.15, 0.2) is 95.4 Å². The van der Waals surface area contributed by atoms with Crippen molar-refractivity contribution in [2.45, 2.75) is 22.3 Å². The number of hydrogen-bond acceptors (Lipinski definition) is 16. The second-order valence-corrected chi connectivity index (χ2v) is 11.4. The number of nitrogen functional groups attached to an aromatic ring is 3. The number of benzene rings is 5. The van der Waals surface area contributed by atoms with E-state index >= 15 is 0 Å². The minimum atomic E-state index is -0.608. The number of nitrogens with two attached hydrogens (primary N) is 3. The molecule has 22 heteroatoms. The number of nitro groups is 1. The van der Waals surface area contributed by atoms with Crippen molar-refractivity contribution in [2.75, 3.05) is 17.2 Å². The van der Waals surface area contributed by atoms with Crippen LogP contribution < -0.4 is 17.2 Å². The Labute approximate surface area is 335 Å². The minimum Gasteiger partial charge on any atom is -0.397 e. The Kier molecular flexibility index (Phi) is 21.7. The molecule has 0 amide bonds. The van der Waals surface area contributed by atoms with Crippen LogP contribution in [0.3, 0.4) is 0 Å². The smallest absolute Gasteiger partial charge is 0.298 e. The van der Waals surface area contributed by atoms with E-state index in [1.54, 1.807) is 30.3 Å². The lowest BCUT2D eigenvalue weighted by Crippen LogP contribution is -1.96. The fraction of sp³-hybridized carbons (Fsp3) is 0.0882. The van der Waals surface area contributed by atoms with E-state index in [0.717, 1.165) is 53.0 Å². The molecule has 0 aliphatic carbocycles. The summed E-state index contributed by atoms with van der Waals surface area (Å²) in [6, 6.07) is 23.1. The molecule has 0 aliphatic rings. The van der Waals surface area contributed by atoms with Gasteiger partial charge in [-0.3, -0.25) is 10.1 Å². The Morgan fingerprint density at radius 3 is 1.62 bits per heavy atom. The highest BCUT2D eigenvalue weighted by atomic mass is 32.1. The molecule has 0 unspecified atom stereocenters. The van der Waals surface area contributed by atoms with Gasteiger partial charge in [0.25, 0.3) is 5.69 Å². The number of non-ortho nitro benzene ring substituents is 1. The molecule has 14 nitrogen and oxygen atoms in total. The summed E-state index contributed by atoms with van der Waals surface area (Å²) < 4.78 is 86.8. The normalized spacial score (nSPS) is 9.29. The molecule has 3 aromatic heterocycles. The van der Waals surface area contributed by atoms with Gasteiger partial charge < -0.3 is 24.6 Å². The van der Waals surface area contributed by atoms with Gasteiger partial charge in [0.15, 0.2) is 23.0 Å². The fourth-order valence-corrected chi connectivity index (χ4v) is 5.56. The first-order valence-electron chi connectivity index (χ1n) is 13.9. The molecular weight excluding hydrogens is 815 g/mol. The lowest BCUT2D eigenvalue weighted by Gasteiger charge is -1.97. The largest absolute Gasteiger partial charge is 0.397 e. The van der Waals surface area contributed by atoms with E-state index in [2.05, 4.69) is 30.6 Å². The molecular formula is C34H36F4N11O3S4-. The highest BCUT2D eigenvalue weighted by molar-refractivity contribution is 7.54. The van der Waals surface area contributed by atoms with Gasteiger partial charge in [0.2, 0.25) is 11.5 Å². The number of para-hydroxylation sites is 1. The lowest BCUT2D eigenvalue weighted by atomic mass is 10.2. The highest BCUT2D eigenvalue weighted by Crippen LogP contribution is 2.25. The summed E-state index contributed by atoms with van der Waals surface area (Å²) in [5.74, 6) is -1.72. The van der Waals surface area contributed by atoms with Gasteiger partial charge in [-0.1, -0.05) is 52.6 Å². The summed E-state index contributed by atoms with van der Waals surface area (Å²) in [4.78, 5) is 9.84. The molecule has 0 radical (unpaired) electrons. The van der Waals surface area contributed by atoms with Crippen molar-refractivity contribution < 1.29 is 26.7 Å². The van der Waals surface area contributed by atoms with Crippen molar-refractivity contribution in [3.8, 4) is 0 Å². The van der Waals surface area contributed by atoms with Gasteiger partial charge in [-0.25, -0.2) is 17.6 Å². The van der Waals surface area contributed by atoms with Crippen LogP contribution in [0.5, 0.6) is 0 Å². The lowest BCUT2D eigenvalue weighted by molar-refractivity contribution is -0.383. The van der Waals surface area contributed by atoms with Gasteiger partial charge >= 0.3 is 0 Å². The molecule has 5 aromatic carbocycles. The zero-order valence-corrected chi connectivity index (χ0v) is 30.1. The van der Waals surface area contributed by atoms with Crippen molar-refractivity contribution in [1.29, 1.82) is 0 Å². The monoisotopic (exact) mass is 850 g/mol. The maximum Gasteiger partial charge on any atom is 0.298 e. The number of halogens is 4.